The molecule has 0 aromatic carbocycles. The second-order valence-electron chi connectivity index (χ2n) is 5.61. The van der Waals surface area contributed by atoms with Crippen LogP contribution in [0.3, 0.4) is 0 Å². The molecule has 3 rings (SSSR count). The van der Waals surface area contributed by atoms with E-state index < -0.39 is 0 Å². The fourth-order valence-corrected chi connectivity index (χ4v) is 2.91. The van der Waals surface area contributed by atoms with Gasteiger partial charge < -0.3 is 14.4 Å². The third-order valence-electron chi connectivity index (χ3n) is 3.82. The van der Waals surface area contributed by atoms with Crippen LogP contribution in [-0.4, -0.2) is 51.6 Å². The lowest BCUT2D eigenvalue weighted by atomic mass is 10.1. The van der Waals surface area contributed by atoms with Crippen LogP contribution in [-0.2, 0) is 0 Å². The molecule has 0 spiro atoms. The minimum absolute atomic E-state index is 0.0958. The van der Waals surface area contributed by atoms with Crippen molar-refractivity contribution in [1.29, 1.82) is 0 Å². The van der Waals surface area contributed by atoms with E-state index in [1.165, 1.54) is 0 Å². The van der Waals surface area contributed by atoms with Crippen LogP contribution in [0.25, 0.3) is 0 Å². The highest BCUT2D eigenvalue weighted by Crippen LogP contribution is 2.21. The number of carbonyl (C=O) groups excluding carboxylic acids is 1. The van der Waals surface area contributed by atoms with Crippen LogP contribution in [0.15, 0.2) is 35.2 Å². The SMILES string of the molecule is CCOc1ncccc1C(=O)N1CCCC(Oc2ncc(Br)cn2)C1. The number of nitrogens with zero attached hydrogens (tertiary/aromatic N) is 4. The topological polar surface area (TPSA) is 77.4 Å². The number of piperidine rings is 1. The van der Waals surface area contributed by atoms with E-state index in [1.807, 2.05) is 6.92 Å². The number of halogens is 1. The van der Waals surface area contributed by atoms with Gasteiger partial charge in [-0.15, -0.1) is 0 Å². The van der Waals surface area contributed by atoms with Crippen molar-refractivity contribution in [3.8, 4) is 11.9 Å². The summed E-state index contributed by atoms with van der Waals surface area (Å²) in [6.07, 6.45) is 6.47. The maximum Gasteiger partial charge on any atom is 0.316 e. The van der Waals surface area contributed by atoms with E-state index in [0.717, 1.165) is 17.3 Å². The van der Waals surface area contributed by atoms with Crippen molar-refractivity contribution in [1.82, 2.24) is 19.9 Å². The van der Waals surface area contributed by atoms with Gasteiger partial charge >= 0.3 is 6.01 Å². The molecule has 1 saturated heterocycles. The first-order valence-electron chi connectivity index (χ1n) is 8.18. The molecule has 2 aromatic rings. The minimum Gasteiger partial charge on any atom is -0.477 e. The van der Waals surface area contributed by atoms with Crippen molar-refractivity contribution in [2.24, 2.45) is 0 Å². The van der Waals surface area contributed by atoms with Gasteiger partial charge in [0.2, 0.25) is 5.88 Å². The van der Waals surface area contributed by atoms with Crippen molar-refractivity contribution in [2.75, 3.05) is 19.7 Å². The first-order valence-corrected chi connectivity index (χ1v) is 8.98. The molecule has 0 aliphatic carbocycles. The lowest BCUT2D eigenvalue weighted by Gasteiger charge is -2.32. The van der Waals surface area contributed by atoms with Gasteiger partial charge in [-0.25, -0.2) is 15.0 Å². The molecule has 0 bridgehead atoms. The lowest BCUT2D eigenvalue weighted by Crippen LogP contribution is -2.44. The number of hydrogen-bond acceptors (Lipinski definition) is 6. The molecule has 25 heavy (non-hydrogen) atoms. The van der Waals surface area contributed by atoms with Gasteiger partial charge in [0.1, 0.15) is 11.7 Å². The predicted octanol–water partition coefficient (Wildman–Crippen LogP) is 2.72. The summed E-state index contributed by atoms with van der Waals surface area (Å²) in [6.45, 7) is 3.49. The summed E-state index contributed by atoms with van der Waals surface area (Å²) in [6, 6.07) is 3.80. The van der Waals surface area contributed by atoms with E-state index >= 15 is 0 Å². The molecule has 8 heteroatoms. The first kappa shape index (κ1) is 17.6. The van der Waals surface area contributed by atoms with Gasteiger partial charge in [0.05, 0.1) is 17.6 Å². The van der Waals surface area contributed by atoms with Gasteiger partial charge in [0.15, 0.2) is 0 Å². The van der Waals surface area contributed by atoms with Gasteiger partial charge in [-0.05, 0) is 47.8 Å². The molecule has 1 aliphatic rings. The maximum absolute atomic E-state index is 12.9. The second-order valence-corrected chi connectivity index (χ2v) is 6.52. The minimum atomic E-state index is -0.133. The number of rotatable bonds is 5. The van der Waals surface area contributed by atoms with Crippen LogP contribution in [0.5, 0.6) is 11.9 Å². The number of carbonyl (C=O) groups is 1. The van der Waals surface area contributed by atoms with Crippen LogP contribution >= 0.6 is 15.9 Å². The molecule has 1 unspecified atom stereocenters. The molecule has 1 fully saturated rings. The first-order chi connectivity index (χ1) is 12.2. The molecular weight excluding hydrogens is 388 g/mol. The highest BCUT2D eigenvalue weighted by Gasteiger charge is 2.28. The standard InChI is InChI=1S/C17H19BrN4O3/c1-2-24-15-14(6-3-7-19-15)16(23)22-8-4-5-13(11-22)25-17-20-9-12(18)10-21-17/h3,6-7,9-10,13H,2,4-5,8,11H2,1H3. The van der Waals surface area contributed by atoms with Crippen LogP contribution in [0.2, 0.25) is 0 Å². The highest BCUT2D eigenvalue weighted by atomic mass is 79.9. The quantitative estimate of drug-likeness (QED) is 0.759. The normalized spacial score (nSPS) is 17.2. The Hall–Kier alpha value is -2.22. The van der Waals surface area contributed by atoms with Crippen molar-refractivity contribution in [3.05, 3.63) is 40.8 Å². The summed E-state index contributed by atoms with van der Waals surface area (Å²) in [4.78, 5) is 27.0. The number of likely N-dealkylation sites (tertiary alicyclic amines) is 1. The Bertz CT molecular complexity index is 726. The third kappa shape index (κ3) is 4.45. The van der Waals surface area contributed by atoms with E-state index in [1.54, 1.807) is 35.6 Å². The molecular formula is C17H19BrN4O3. The van der Waals surface area contributed by atoms with Gasteiger partial charge in [-0.2, -0.15) is 0 Å². The summed E-state index contributed by atoms with van der Waals surface area (Å²) >= 11 is 3.29. The molecule has 2 aromatic heterocycles. The van der Waals surface area contributed by atoms with Crippen molar-refractivity contribution in [3.63, 3.8) is 0 Å². The largest absolute Gasteiger partial charge is 0.477 e. The zero-order chi connectivity index (χ0) is 17.6. The molecule has 1 aliphatic heterocycles. The zero-order valence-corrected chi connectivity index (χ0v) is 15.5. The van der Waals surface area contributed by atoms with Crippen LogP contribution in [0.1, 0.15) is 30.1 Å². The molecule has 3 heterocycles. The number of hydrogen-bond donors (Lipinski definition) is 0. The smallest absolute Gasteiger partial charge is 0.316 e. The Morgan fingerprint density at radius 2 is 2.16 bits per heavy atom. The van der Waals surface area contributed by atoms with Gasteiger partial charge in [-0.3, -0.25) is 4.79 Å². The van der Waals surface area contributed by atoms with Crippen molar-refractivity contribution in [2.45, 2.75) is 25.9 Å². The molecule has 1 amide bonds. The van der Waals surface area contributed by atoms with E-state index in [4.69, 9.17) is 9.47 Å². The Labute approximate surface area is 154 Å². The molecule has 0 saturated carbocycles. The lowest BCUT2D eigenvalue weighted by molar-refractivity contribution is 0.0511. The summed E-state index contributed by atoms with van der Waals surface area (Å²) < 4.78 is 12.1. The van der Waals surface area contributed by atoms with Crippen molar-refractivity contribution >= 4 is 21.8 Å². The van der Waals surface area contributed by atoms with Gasteiger partial charge in [-0.1, -0.05) is 0 Å². The predicted molar refractivity (Wildman–Crippen MR) is 94.7 cm³/mol. The maximum atomic E-state index is 12.9. The Morgan fingerprint density at radius 3 is 2.92 bits per heavy atom. The molecule has 1 atom stereocenters. The summed E-state index contributed by atoms with van der Waals surface area (Å²) in [5.41, 5.74) is 0.477. The second kappa shape index (κ2) is 8.24. The van der Waals surface area contributed by atoms with Crippen LogP contribution < -0.4 is 9.47 Å². The Morgan fingerprint density at radius 1 is 1.36 bits per heavy atom. The highest BCUT2D eigenvalue weighted by molar-refractivity contribution is 9.10. The Kier molecular flexibility index (Phi) is 5.80. The number of aromatic nitrogens is 3. The fourth-order valence-electron chi connectivity index (χ4n) is 2.70. The number of pyridine rings is 1. The van der Waals surface area contributed by atoms with Crippen molar-refractivity contribution < 1.29 is 14.3 Å². The fraction of sp³-hybridized carbons (Fsp3) is 0.412. The summed E-state index contributed by atoms with van der Waals surface area (Å²) in [7, 11) is 0. The summed E-state index contributed by atoms with van der Waals surface area (Å²) in [5, 5.41) is 0. The number of amides is 1. The van der Waals surface area contributed by atoms with E-state index in [-0.39, 0.29) is 12.0 Å². The molecule has 0 N–H and O–H groups in total. The average molecular weight is 407 g/mol. The molecule has 132 valence electrons. The van der Waals surface area contributed by atoms with Crippen LogP contribution in [0.4, 0.5) is 0 Å². The summed E-state index contributed by atoms with van der Waals surface area (Å²) in [5.74, 6) is 0.274. The van der Waals surface area contributed by atoms with Crippen LogP contribution in [0, 0.1) is 0 Å². The van der Waals surface area contributed by atoms with Gasteiger partial charge in [0.25, 0.3) is 5.91 Å². The average Bonchev–Trinajstić information content (AvgIpc) is 2.64. The monoisotopic (exact) mass is 406 g/mol. The molecule has 7 nitrogen and oxygen atoms in total. The van der Waals surface area contributed by atoms with E-state index in [9.17, 15) is 4.79 Å². The van der Waals surface area contributed by atoms with Gasteiger partial charge in [0, 0.05) is 25.1 Å². The molecule has 0 radical (unpaired) electrons. The third-order valence-corrected chi connectivity index (χ3v) is 4.23. The Balaban J connectivity index is 1.68. The zero-order valence-electron chi connectivity index (χ0n) is 13.9. The van der Waals surface area contributed by atoms with E-state index in [0.29, 0.717) is 37.2 Å². The number of ether oxygens (including phenoxy) is 2. The van der Waals surface area contributed by atoms with E-state index in [2.05, 4.69) is 30.9 Å².